The zero-order chi connectivity index (χ0) is 18.3. The molecule has 0 aliphatic rings. The van der Waals surface area contributed by atoms with Crippen LogP contribution in [-0.2, 0) is 14.3 Å². The van der Waals surface area contributed by atoms with Gasteiger partial charge in [0.1, 0.15) is 11.6 Å². The van der Waals surface area contributed by atoms with Gasteiger partial charge in [0.15, 0.2) is 0 Å². The molecule has 0 fully saturated rings. The first-order valence-electron chi connectivity index (χ1n) is 7.39. The van der Waals surface area contributed by atoms with Crippen molar-refractivity contribution in [2.45, 2.75) is 38.8 Å². The van der Waals surface area contributed by atoms with Crippen molar-refractivity contribution in [1.29, 1.82) is 0 Å². The minimum absolute atomic E-state index is 0.425. The molecular formula is C16H23N3O5. The van der Waals surface area contributed by atoms with Gasteiger partial charge < -0.3 is 15.0 Å². The Morgan fingerprint density at radius 2 is 1.79 bits per heavy atom. The average molecular weight is 337 g/mol. The standard InChI is InChI=1S/C16H23N3O5/c1-16(2,3)24-15(22)17-12(10-13(20)18-23)14(21)19(4)11-8-6-5-7-9-11/h5-9,12,23H,10H2,1-4H3,(H,17,22)(H,18,20)/t12-/m0/s1. The summed E-state index contributed by atoms with van der Waals surface area (Å²) in [6.07, 6.45) is -1.25. The number of hydroxylamine groups is 1. The summed E-state index contributed by atoms with van der Waals surface area (Å²) in [5.41, 5.74) is 1.30. The molecule has 1 aromatic carbocycles. The second-order valence-electron chi connectivity index (χ2n) is 6.17. The Bertz CT molecular complexity index is 583. The largest absolute Gasteiger partial charge is 0.444 e. The molecule has 0 bridgehead atoms. The monoisotopic (exact) mass is 337 g/mol. The number of para-hydroxylation sites is 1. The lowest BCUT2D eigenvalue weighted by atomic mass is 10.1. The van der Waals surface area contributed by atoms with Crippen molar-refractivity contribution in [3.63, 3.8) is 0 Å². The van der Waals surface area contributed by atoms with Crippen LogP contribution >= 0.6 is 0 Å². The Morgan fingerprint density at radius 1 is 1.21 bits per heavy atom. The summed E-state index contributed by atoms with van der Waals surface area (Å²) in [6.45, 7) is 5.04. The molecule has 8 nitrogen and oxygen atoms in total. The fourth-order valence-corrected chi connectivity index (χ4v) is 1.89. The molecule has 0 unspecified atom stereocenters. The minimum atomic E-state index is -1.18. The number of nitrogens with zero attached hydrogens (tertiary/aromatic N) is 1. The van der Waals surface area contributed by atoms with Gasteiger partial charge in [-0.3, -0.25) is 14.8 Å². The van der Waals surface area contributed by atoms with Gasteiger partial charge in [-0.05, 0) is 32.9 Å². The first kappa shape index (κ1) is 19.4. The maximum atomic E-state index is 12.6. The summed E-state index contributed by atoms with van der Waals surface area (Å²) in [5, 5.41) is 11.0. The van der Waals surface area contributed by atoms with Gasteiger partial charge in [0.25, 0.3) is 0 Å². The number of benzene rings is 1. The molecule has 3 N–H and O–H groups in total. The second kappa shape index (κ2) is 8.30. The van der Waals surface area contributed by atoms with E-state index in [1.165, 1.54) is 17.4 Å². The van der Waals surface area contributed by atoms with Crippen LogP contribution in [0.1, 0.15) is 27.2 Å². The van der Waals surface area contributed by atoms with E-state index in [9.17, 15) is 14.4 Å². The third-order valence-electron chi connectivity index (χ3n) is 2.98. The zero-order valence-electron chi connectivity index (χ0n) is 14.2. The van der Waals surface area contributed by atoms with Crippen LogP contribution in [0.3, 0.4) is 0 Å². The van der Waals surface area contributed by atoms with Gasteiger partial charge in [-0.25, -0.2) is 10.3 Å². The topological polar surface area (TPSA) is 108 Å². The summed E-state index contributed by atoms with van der Waals surface area (Å²) in [4.78, 5) is 37.2. The quantitative estimate of drug-likeness (QED) is 0.556. The van der Waals surface area contributed by atoms with Gasteiger partial charge in [0, 0.05) is 12.7 Å². The van der Waals surface area contributed by atoms with Crippen LogP contribution in [0.15, 0.2) is 30.3 Å². The molecule has 8 heteroatoms. The van der Waals surface area contributed by atoms with Gasteiger partial charge in [0.2, 0.25) is 11.8 Å². The number of carbonyl (C=O) groups excluding carboxylic acids is 3. The van der Waals surface area contributed by atoms with Crippen molar-refractivity contribution < 1.29 is 24.3 Å². The molecule has 0 radical (unpaired) electrons. The van der Waals surface area contributed by atoms with Gasteiger partial charge in [-0.2, -0.15) is 0 Å². The molecule has 1 rings (SSSR count). The Balaban J connectivity index is 2.90. The Morgan fingerprint density at radius 3 is 2.29 bits per heavy atom. The van der Waals surface area contributed by atoms with Crippen LogP contribution < -0.4 is 15.7 Å². The number of hydrogen-bond donors (Lipinski definition) is 3. The fraction of sp³-hybridized carbons (Fsp3) is 0.438. The highest BCUT2D eigenvalue weighted by atomic mass is 16.6. The summed E-state index contributed by atoms with van der Waals surface area (Å²) < 4.78 is 5.10. The van der Waals surface area contributed by atoms with E-state index in [0.29, 0.717) is 5.69 Å². The second-order valence-corrected chi connectivity index (χ2v) is 6.17. The van der Waals surface area contributed by atoms with Crippen molar-refractivity contribution in [2.75, 3.05) is 11.9 Å². The predicted octanol–water partition coefficient (Wildman–Crippen LogP) is 1.44. The smallest absolute Gasteiger partial charge is 0.408 e. The molecule has 0 spiro atoms. The normalized spacial score (nSPS) is 12.0. The van der Waals surface area contributed by atoms with Crippen molar-refractivity contribution in [1.82, 2.24) is 10.8 Å². The number of nitrogens with one attached hydrogen (secondary N) is 2. The van der Waals surface area contributed by atoms with E-state index in [-0.39, 0.29) is 0 Å². The average Bonchev–Trinajstić information content (AvgIpc) is 2.51. The number of amides is 3. The first-order chi connectivity index (χ1) is 11.1. The molecule has 3 amide bonds. The number of ether oxygens (including phenoxy) is 1. The Kier molecular flexibility index (Phi) is 6.72. The Labute approximate surface area is 140 Å². The van der Waals surface area contributed by atoms with E-state index in [4.69, 9.17) is 9.94 Å². The number of rotatable bonds is 5. The number of likely N-dealkylation sites (N-methyl/N-ethyl adjacent to an activating group) is 1. The van der Waals surface area contributed by atoms with Gasteiger partial charge >= 0.3 is 6.09 Å². The molecular weight excluding hydrogens is 314 g/mol. The maximum Gasteiger partial charge on any atom is 0.408 e. The van der Waals surface area contributed by atoms with Crippen molar-refractivity contribution in [2.24, 2.45) is 0 Å². The molecule has 0 aromatic heterocycles. The molecule has 1 atom stereocenters. The minimum Gasteiger partial charge on any atom is -0.444 e. The molecule has 1 aromatic rings. The lowest BCUT2D eigenvalue weighted by molar-refractivity contribution is -0.132. The predicted molar refractivity (Wildman–Crippen MR) is 87.6 cm³/mol. The van der Waals surface area contributed by atoms with Crippen LogP contribution in [-0.4, -0.2) is 41.8 Å². The summed E-state index contributed by atoms with van der Waals surface area (Å²) in [6, 6.07) is 7.57. The number of hydrogen-bond acceptors (Lipinski definition) is 5. The van der Waals surface area contributed by atoms with Crippen molar-refractivity contribution in [3.8, 4) is 0 Å². The number of alkyl carbamates (subject to hydrolysis) is 1. The number of carbonyl (C=O) groups is 3. The third-order valence-corrected chi connectivity index (χ3v) is 2.98. The van der Waals surface area contributed by atoms with E-state index in [0.717, 1.165) is 0 Å². The maximum absolute atomic E-state index is 12.6. The lowest BCUT2D eigenvalue weighted by Gasteiger charge is -2.26. The van der Waals surface area contributed by atoms with Gasteiger partial charge in [-0.1, -0.05) is 18.2 Å². The van der Waals surface area contributed by atoms with Crippen LogP contribution in [0.4, 0.5) is 10.5 Å². The molecule has 0 heterocycles. The van der Waals surface area contributed by atoms with E-state index < -0.39 is 36.0 Å². The fourth-order valence-electron chi connectivity index (χ4n) is 1.89. The third kappa shape index (κ3) is 6.25. The molecule has 0 saturated carbocycles. The first-order valence-corrected chi connectivity index (χ1v) is 7.39. The zero-order valence-corrected chi connectivity index (χ0v) is 14.2. The van der Waals surface area contributed by atoms with E-state index in [1.54, 1.807) is 51.1 Å². The van der Waals surface area contributed by atoms with Crippen LogP contribution in [0.5, 0.6) is 0 Å². The molecule has 0 aliphatic heterocycles. The molecule has 24 heavy (non-hydrogen) atoms. The van der Waals surface area contributed by atoms with Gasteiger partial charge in [0.05, 0.1) is 6.42 Å². The van der Waals surface area contributed by atoms with Crippen molar-refractivity contribution >= 4 is 23.6 Å². The van der Waals surface area contributed by atoms with E-state index >= 15 is 0 Å². The van der Waals surface area contributed by atoms with Crippen molar-refractivity contribution in [3.05, 3.63) is 30.3 Å². The van der Waals surface area contributed by atoms with E-state index in [2.05, 4.69) is 5.32 Å². The summed E-state index contributed by atoms with van der Waals surface area (Å²) in [7, 11) is 1.53. The molecule has 0 saturated heterocycles. The van der Waals surface area contributed by atoms with Crippen LogP contribution in [0, 0.1) is 0 Å². The van der Waals surface area contributed by atoms with E-state index in [1.807, 2.05) is 0 Å². The van der Waals surface area contributed by atoms with Gasteiger partial charge in [-0.15, -0.1) is 0 Å². The number of anilines is 1. The van der Waals surface area contributed by atoms with Crippen LogP contribution in [0.2, 0.25) is 0 Å². The Hall–Kier alpha value is -2.61. The highest BCUT2D eigenvalue weighted by Crippen LogP contribution is 2.14. The molecule has 0 aliphatic carbocycles. The van der Waals surface area contributed by atoms with Crippen LogP contribution in [0.25, 0.3) is 0 Å². The lowest BCUT2D eigenvalue weighted by Crippen LogP contribution is -2.50. The highest BCUT2D eigenvalue weighted by molar-refractivity contribution is 6.00. The summed E-state index contributed by atoms with van der Waals surface area (Å²) >= 11 is 0. The highest BCUT2D eigenvalue weighted by Gasteiger charge is 2.29. The summed E-state index contributed by atoms with van der Waals surface area (Å²) in [5.74, 6) is -1.32. The molecule has 132 valence electrons. The SMILES string of the molecule is CN(C(=O)[C@H](CC(=O)NO)NC(=O)OC(C)(C)C)c1ccccc1.